The molecule has 0 saturated heterocycles. The first-order valence-corrected chi connectivity index (χ1v) is 5.91. The first-order chi connectivity index (χ1) is 8.67. The molecule has 0 radical (unpaired) electrons. The Labute approximate surface area is 107 Å². The first kappa shape index (κ1) is 12.6. The highest BCUT2D eigenvalue weighted by atomic mass is 16.5. The Balaban J connectivity index is 1.96. The van der Waals surface area contributed by atoms with Crippen LogP contribution in [0.25, 0.3) is 0 Å². The average Bonchev–Trinajstić information content (AvgIpc) is 2.74. The summed E-state index contributed by atoms with van der Waals surface area (Å²) in [5.74, 6) is 1.73. The molecule has 2 aromatic rings. The molecule has 0 atom stereocenters. The summed E-state index contributed by atoms with van der Waals surface area (Å²) in [5, 5.41) is 3.99. The molecule has 4 nitrogen and oxygen atoms in total. The Morgan fingerprint density at radius 2 is 2.11 bits per heavy atom. The third-order valence-corrected chi connectivity index (χ3v) is 2.70. The molecular formula is C14H18N2O2. The minimum Gasteiger partial charge on any atom is -0.497 e. The molecule has 0 fully saturated rings. The molecule has 4 heteroatoms. The van der Waals surface area contributed by atoms with Gasteiger partial charge in [0.15, 0.2) is 0 Å². The molecule has 1 heterocycles. The molecule has 0 unspecified atom stereocenters. The molecule has 1 aromatic heterocycles. The van der Waals surface area contributed by atoms with Gasteiger partial charge in [-0.05, 0) is 31.7 Å². The Morgan fingerprint density at radius 3 is 2.78 bits per heavy atom. The van der Waals surface area contributed by atoms with Gasteiger partial charge < -0.3 is 9.26 Å². The van der Waals surface area contributed by atoms with Gasteiger partial charge in [0.1, 0.15) is 11.5 Å². The number of hydrogen-bond donors (Lipinski definition) is 0. The molecule has 96 valence electrons. The third kappa shape index (κ3) is 3.34. The van der Waals surface area contributed by atoms with Crippen molar-refractivity contribution in [3.8, 4) is 5.75 Å². The number of benzene rings is 1. The van der Waals surface area contributed by atoms with Gasteiger partial charge in [0.25, 0.3) is 0 Å². The Morgan fingerprint density at radius 1 is 1.28 bits per heavy atom. The smallest absolute Gasteiger partial charge is 0.133 e. The Hall–Kier alpha value is -1.81. The molecule has 0 bridgehead atoms. The monoisotopic (exact) mass is 246 g/mol. The van der Waals surface area contributed by atoms with Gasteiger partial charge in [-0.25, -0.2) is 0 Å². The molecule has 0 N–H and O–H groups in total. The topological polar surface area (TPSA) is 38.5 Å². The molecule has 1 aromatic carbocycles. The molecule has 0 spiro atoms. The van der Waals surface area contributed by atoms with Crippen molar-refractivity contribution in [1.82, 2.24) is 10.1 Å². The van der Waals surface area contributed by atoms with Crippen molar-refractivity contribution in [3.63, 3.8) is 0 Å². The summed E-state index contributed by atoms with van der Waals surface area (Å²) in [4.78, 5) is 2.19. The van der Waals surface area contributed by atoms with E-state index in [2.05, 4.69) is 23.2 Å². The molecule has 0 aliphatic carbocycles. The van der Waals surface area contributed by atoms with E-state index in [0.29, 0.717) is 0 Å². The second kappa shape index (κ2) is 5.69. The summed E-state index contributed by atoms with van der Waals surface area (Å²) in [5.41, 5.74) is 2.18. The molecule has 0 aliphatic heterocycles. The lowest BCUT2D eigenvalue weighted by Gasteiger charge is -2.15. The SMILES string of the molecule is COc1cccc(CN(C)Cc2cc(C)on2)c1. The van der Waals surface area contributed by atoms with Crippen molar-refractivity contribution in [2.75, 3.05) is 14.2 Å². The van der Waals surface area contributed by atoms with Crippen LogP contribution in [0.2, 0.25) is 0 Å². The van der Waals surface area contributed by atoms with Crippen molar-refractivity contribution < 1.29 is 9.26 Å². The van der Waals surface area contributed by atoms with E-state index >= 15 is 0 Å². The highest BCUT2D eigenvalue weighted by molar-refractivity contribution is 5.28. The van der Waals surface area contributed by atoms with Crippen LogP contribution in [0.4, 0.5) is 0 Å². The van der Waals surface area contributed by atoms with Crippen molar-refractivity contribution >= 4 is 0 Å². The maximum atomic E-state index is 5.21. The summed E-state index contributed by atoms with van der Waals surface area (Å²) in [6, 6.07) is 10.0. The molecule has 2 rings (SSSR count). The third-order valence-electron chi connectivity index (χ3n) is 2.70. The van der Waals surface area contributed by atoms with Crippen molar-refractivity contribution in [2.45, 2.75) is 20.0 Å². The molecule has 0 saturated carbocycles. The van der Waals surface area contributed by atoms with Gasteiger partial charge in [-0.2, -0.15) is 0 Å². The van der Waals surface area contributed by atoms with E-state index < -0.39 is 0 Å². The largest absolute Gasteiger partial charge is 0.497 e. The van der Waals surface area contributed by atoms with E-state index in [0.717, 1.165) is 30.3 Å². The van der Waals surface area contributed by atoms with Crippen LogP contribution in [0, 0.1) is 6.92 Å². The lowest BCUT2D eigenvalue weighted by molar-refractivity contribution is 0.301. The number of rotatable bonds is 5. The van der Waals surface area contributed by atoms with E-state index in [1.165, 1.54) is 5.56 Å². The number of aryl methyl sites for hydroxylation is 1. The highest BCUT2D eigenvalue weighted by Crippen LogP contribution is 2.14. The van der Waals surface area contributed by atoms with Gasteiger partial charge in [0, 0.05) is 19.2 Å². The molecule has 0 amide bonds. The maximum absolute atomic E-state index is 5.21. The van der Waals surface area contributed by atoms with Gasteiger partial charge in [-0.15, -0.1) is 0 Å². The van der Waals surface area contributed by atoms with E-state index in [9.17, 15) is 0 Å². The molecule has 18 heavy (non-hydrogen) atoms. The van der Waals surface area contributed by atoms with Crippen LogP contribution in [-0.4, -0.2) is 24.2 Å². The van der Waals surface area contributed by atoms with Gasteiger partial charge in [0.05, 0.1) is 12.8 Å². The zero-order valence-corrected chi connectivity index (χ0v) is 11.0. The van der Waals surface area contributed by atoms with Crippen LogP contribution in [0.15, 0.2) is 34.9 Å². The van der Waals surface area contributed by atoms with Crippen LogP contribution < -0.4 is 4.74 Å². The quantitative estimate of drug-likeness (QED) is 0.813. The number of hydrogen-bond acceptors (Lipinski definition) is 4. The second-order valence-electron chi connectivity index (χ2n) is 4.45. The van der Waals surface area contributed by atoms with Gasteiger partial charge in [-0.3, -0.25) is 4.90 Å². The fourth-order valence-electron chi connectivity index (χ4n) is 1.91. The number of methoxy groups -OCH3 is 1. The minimum absolute atomic E-state index is 0.772. The maximum Gasteiger partial charge on any atom is 0.133 e. The predicted molar refractivity (Wildman–Crippen MR) is 69.4 cm³/mol. The van der Waals surface area contributed by atoms with Crippen LogP contribution in [0.5, 0.6) is 5.75 Å². The summed E-state index contributed by atoms with van der Waals surface area (Å²) < 4.78 is 10.3. The summed E-state index contributed by atoms with van der Waals surface area (Å²) >= 11 is 0. The van der Waals surface area contributed by atoms with Crippen LogP contribution in [0.3, 0.4) is 0 Å². The fraction of sp³-hybridized carbons (Fsp3) is 0.357. The average molecular weight is 246 g/mol. The zero-order chi connectivity index (χ0) is 13.0. The van der Waals surface area contributed by atoms with Crippen LogP contribution in [-0.2, 0) is 13.1 Å². The number of nitrogens with zero attached hydrogens (tertiary/aromatic N) is 2. The highest BCUT2D eigenvalue weighted by Gasteiger charge is 2.06. The van der Waals surface area contributed by atoms with Gasteiger partial charge >= 0.3 is 0 Å². The van der Waals surface area contributed by atoms with Gasteiger partial charge in [0.2, 0.25) is 0 Å². The Bertz CT molecular complexity index is 508. The number of ether oxygens (including phenoxy) is 1. The number of aromatic nitrogens is 1. The fourth-order valence-corrected chi connectivity index (χ4v) is 1.91. The van der Waals surface area contributed by atoms with Gasteiger partial charge in [-0.1, -0.05) is 17.3 Å². The van der Waals surface area contributed by atoms with E-state index in [1.54, 1.807) is 7.11 Å². The van der Waals surface area contributed by atoms with E-state index in [1.807, 2.05) is 31.2 Å². The lowest BCUT2D eigenvalue weighted by atomic mass is 10.2. The summed E-state index contributed by atoms with van der Waals surface area (Å²) in [7, 11) is 3.74. The normalized spacial score (nSPS) is 10.9. The van der Waals surface area contributed by atoms with E-state index in [-0.39, 0.29) is 0 Å². The van der Waals surface area contributed by atoms with Crippen LogP contribution >= 0.6 is 0 Å². The second-order valence-corrected chi connectivity index (χ2v) is 4.45. The molecular weight excluding hydrogens is 228 g/mol. The zero-order valence-electron chi connectivity index (χ0n) is 11.0. The lowest BCUT2D eigenvalue weighted by Crippen LogP contribution is -2.17. The van der Waals surface area contributed by atoms with Crippen molar-refractivity contribution in [2.24, 2.45) is 0 Å². The van der Waals surface area contributed by atoms with Crippen LogP contribution in [0.1, 0.15) is 17.0 Å². The summed E-state index contributed by atoms with van der Waals surface area (Å²) in [6.45, 7) is 3.52. The predicted octanol–water partition coefficient (Wildman–Crippen LogP) is 2.62. The minimum atomic E-state index is 0.772. The summed E-state index contributed by atoms with van der Waals surface area (Å²) in [6.07, 6.45) is 0. The van der Waals surface area contributed by atoms with Crippen molar-refractivity contribution in [1.29, 1.82) is 0 Å². The Kier molecular flexibility index (Phi) is 3.99. The molecule has 0 aliphatic rings. The van der Waals surface area contributed by atoms with E-state index in [4.69, 9.17) is 9.26 Å². The first-order valence-electron chi connectivity index (χ1n) is 5.91. The van der Waals surface area contributed by atoms with Crippen molar-refractivity contribution in [3.05, 3.63) is 47.3 Å². The standard InChI is InChI=1S/C14H18N2O2/c1-11-7-13(15-18-11)10-16(2)9-12-5-4-6-14(8-12)17-3/h4-8H,9-10H2,1-3H3.